The molecule has 0 saturated carbocycles. The van der Waals surface area contributed by atoms with Crippen LogP contribution in [0.25, 0.3) is 10.8 Å². The zero-order valence-electron chi connectivity index (χ0n) is 12.6. The second-order valence-electron chi connectivity index (χ2n) is 5.21. The fourth-order valence-corrected chi connectivity index (χ4v) is 2.61. The Morgan fingerprint density at radius 3 is 2.35 bits per heavy atom. The Labute approximate surface area is 155 Å². The Balaban J connectivity index is 0. The largest absolute Gasteiger partial charge is 3.00 e. The van der Waals surface area contributed by atoms with E-state index in [2.05, 4.69) is 45.0 Å². The van der Waals surface area contributed by atoms with Gasteiger partial charge in [0.05, 0.1) is 0 Å². The number of benzene rings is 1. The van der Waals surface area contributed by atoms with E-state index in [1.807, 2.05) is 0 Å². The fraction of sp³-hybridized carbons (Fsp3) is 0.471. The Kier molecular flexibility index (Phi) is 12.3. The third-order valence-corrected chi connectivity index (χ3v) is 3.64. The van der Waals surface area contributed by atoms with Gasteiger partial charge in [0.25, 0.3) is 0 Å². The van der Waals surface area contributed by atoms with Gasteiger partial charge in [-0.2, -0.15) is 6.07 Å². The molecular formula is C17H23Cl2Zr. The molecular weight excluding hydrogens is 366 g/mol. The van der Waals surface area contributed by atoms with Gasteiger partial charge in [0, 0.05) is 0 Å². The maximum Gasteiger partial charge on any atom is 3.00 e. The summed E-state index contributed by atoms with van der Waals surface area (Å²) in [7, 11) is 0. The van der Waals surface area contributed by atoms with Crippen molar-refractivity contribution in [2.75, 3.05) is 0 Å². The molecule has 2 aromatic carbocycles. The van der Waals surface area contributed by atoms with Gasteiger partial charge < -0.3 is 24.8 Å². The zero-order valence-corrected chi connectivity index (χ0v) is 16.6. The summed E-state index contributed by atoms with van der Waals surface area (Å²) in [6, 6.07) is 9.26. The van der Waals surface area contributed by atoms with Crippen LogP contribution in [-0.2, 0) is 32.6 Å². The maximum absolute atomic E-state index is 2.34. The van der Waals surface area contributed by atoms with Gasteiger partial charge in [0.2, 0.25) is 0 Å². The molecule has 0 saturated heterocycles. The molecule has 0 aromatic heterocycles. The molecule has 109 valence electrons. The zero-order chi connectivity index (χ0) is 12.3. The number of hydrogen-bond donors (Lipinski definition) is 0. The van der Waals surface area contributed by atoms with E-state index >= 15 is 0 Å². The third kappa shape index (κ3) is 5.59. The van der Waals surface area contributed by atoms with Crippen molar-refractivity contribution in [3.05, 3.63) is 41.0 Å². The predicted molar refractivity (Wildman–Crippen MR) is 76.9 cm³/mol. The van der Waals surface area contributed by atoms with Crippen LogP contribution in [0.15, 0.2) is 24.3 Å². The summed E-state index contributed by atoms with van der Waals surface area (Å²) in [4.78, 5) is 0. The summed E-state index contributed by atoms with van der Waals surface area (Å²) >= 11 is 0. The van der Waals surface area contributed by atoms with E-state index < -0.39 is 0 Å². The van der Waals surface area contributed by atoms with E-state index in [4.69, 9.17) is 0 Å². The molecule has 0 heterocycles. The molecule has 3 heteroatoms. The molecule has 0 nitrogen and oxygen atoms in total. The van der Waals surface area contributed by atoms with Crippen molar-refractivity contribution in [1.29, 1.82) is 0 Å². The Hall–Kier alpha value is 0.293. The number of aryl methyl sites for hydroxylation is 3. The second-order valence-corrected chi connectivity index (χ2v) is 5.21. The van der Waals surface area contributed by atoms with E-state index in [0.717, 1.165) is 0 Å². The van der Waals surface area contributed by atoms with Gasteiger partial charge in [-0.3, -0.25) is 0 Å². The normalized spacial score (nSPS) is 9.55. The van der Waals surface area contributed by atoms with Crippen LogP contribution < -0.4 is 24.8 Å². The summed E-state index contributed by atoms with van der Waals surface area (Å²) in [6.07, 6.45) is 6.62. The van der Waals surface area contributed by atoms with Crippen molar-refractivity contribution in [2.45, 2.75) is 52.9 Å². The van der Waals surface area contributed by atoms with E-state index in [1.165, 1.54) is 59.6 Å². The first-order valence-corrected chi connectivity index (χ1v) is 6.88. The minimum absolute atomic E-state index is 0. The molecule has 0 spiro atoms. The summed E-state index contributed by atoms with van der Waals surface area (Å²) in [5.74, 6) is 0. The van der Waals surface area contributed by atoms with Gasteiger partial charge in [-0.1, -0.05) is 58.1 Å². The number of fused-ring (bicyclic) bond motifs is 1. The van der Waals surface area contributed by atoms with Crippen LogP contribution in [0.2, 0.25) is 0 Å². The molecule has 0 bridgehead atoms. The number of rotatable bonds is 5. The number of unbranched alkanes of at least 4 members (excludes halogenated alkanes) is 3. The first-order valence-electron chi connectivity index (χ1n) is 6.88. The van der Waals surface area contributed by atoms with Crippen molar-refractivity contribution in [2.24, 2.45) is 0 Å². The van der Waals surface area contributed by atoms with Crippen LogP contribution in [0.3, 0.4) is 0 Å². The molecule has 1 radical (unpaired) electrons. The standard InChI is InChI=1S/C17H23.2ClH.Zr/c1-4-5-6-7-8-15-10-9-14(3)16-11-13(2)12-17(15)16;;;/h9-12H,4-8H2,1-3H3;2*1H;/q-1;;;+3/p-2. The topological polar surface area (TPSA) is 0 Å². The van der Waals surface area contributed by atoms with E-state index in [9.17, 15) is 0 Å². The van der Waals surface area contributed by atoms with Crippen molar-refractivity contribution < 1.29 is 51.0 Å². The van der Waals surface area contributed by atoms with Gasteiger partial charge in [-0.25, -0.2) is 0 Å². The number of hydrogen-bond acceptors (Lipinski definition) is 0. The summed E-state index contributed by atoms with van der Waals surface area (Å²) < 4.78 is 0. The van der Waals surface area contributed by atoms with Crippen LogP contribution in [0.4, 0.5) is 0 Å². The fourth-order valence-electron chi connectivity index (χ4n) is 2.61. The summed E-state index contributed by atoms with van der Waals surface area (Å²) in [5, 5.41) is 2.94. The molecule has 2 rings (SSSR count). The van der Waals surface area contributed by atoms with Gasteiger partial charge in [0.15, 0.2) is 0 Å². The molecule has 0 N–H and O–H groups in total. The molecule has 0 atom stereocenters. The van der Waals surface area contributed by atoms with Crippen molar-refractivity contribution in [1.82, 2.24) is 0 Å². The molecule has 2 aromatic rings. The van der Waals surface area contributed by atoms with Crippen LogP contribution in [0.5, 0.6) is 0 Å². The minimum Gasteiger partial charge on any atom is -1.00 e. The van der Waals surface area contributed by atoms with E-state index in [-0.39, 0.29) is 51.0 Å². The Morgan fingerprint density at radius 1 is 1.00 bits per heavy atom. The van der Waals surface area contributed by atoms with Gasteiger partial charge in [-0.15, -0.1) is 34.0 Å². The Morgan fingerprint density at radius 2 is 1.70 bits per heavy atom. The molecule has 0 amide bonds. The first-order chi connectivity index (χ1) is 8.22. The SMILES string of the molecule is CCCCCCc1ccc(C)c2[cH-]c(C)cc12.[Cl-].[Cl-].[Zr+3]. The third-order valence-electron chi connectivity index (χ3n) is 3.64. The van der Waals surface area contributed by atoms with Crippen LogP contribution >= 0.6 is 0 Å². The smallest absolute Gasteiger partial charge is 1.00 e. The number of halogens is 2. The molecule has 0 aliphatic heterocycles. The molecule has 0 unspecified atom stereocenters. The van der Waals surface area contributed by atoms with Crippen molar-refractivity contribution >= 4 is 10.8 Å². The molecule has 20 heavy (non-hydrogen) atoms. The van der Waals surface area contributed by atoms with Crippen molar-refractivity contribution in [3.8, 4) is 0 Å². The van der Waals surface area contributed by atoms with E-state index in [1.54, 1.807) is 0 Å². The second kappa shape index (κ2) is 10.9. The quantitative estimate of drug-likeness (QED) is 0.469. The molecule has 0 fully saturated rings. The summed E-state index contributed by atoms with van der Waals surface area (Å²) in [6.45, 7) is 6.67. The van der Waals surface area contributed by atoms with Gasteiger partial charge >= 0.3 is 26.2 Å². The monoisotopic (exact) mass is 387 g/mol. The van der Waals surface area contributed by atoms with Crippen molar-refractivity contribution in [3.63, 3.8) is 0 Å². The van der Waals surface area contributed by atoms with Gasteiger partial charge in [-0.05, 0) is 6.42 Å². The first kappa shape index (κ1) is 22.6. The van der Waals surface area contributed by atoms with Crippen LogP contribution in [0, 0.1) is 13.8 Å². The summed E-state index contributed by atoms with van der Waals surface area (Å²) in [5.41, 5.74) is 4.34. The van der Waals surface area contributed by atoms with Gasteiger partial charge in [0.1, 0.15) is 0 Å². The molecule has 0 aliphatic carbocycles. The average Bonchev–Trinajstić information content (AvgIpc) is 2.70. The predicted octanol–water partition coefficient (Wildman–Crippen LogP) is -0.696. The maximum atomic E-state index is 2.34. The van der Waals surface area contributed by atoms with Crippen LogP contribution in [0.1, 0.15) is 49.3 Å². The van der Waals surface area contributed by atoms with E-state index in [0.29, 0.717) is 0 Å². The molecule has 0 aliphatic rings. The van der Waals surface area contributed by atoms with Crippen LogP contribution in [-0.4, -0.2) is 0 Å². The Bertz CT molecular complexity index is 503. The average molecular weight is 390 g/mol. The minimum atomic E-state index is 0.